The number of ketones is 1. The largest absolute Gasteiger partial charge is 0.354 e. The van der Waals surface area contributed by atoms with Crippen LogP contribution in [-0.4, -0.2) is 42.5 Å². The first kappa shape index (κ1) is 13.0. The van der Waals surface area contributed by atoms with Crippen LogP contribution in [0.25, 0.3) is 0 Å². The average Bonchev–Trinajstić information content (AvgIpc) is 2.76. The lowest BCUT2D eigenvalue weighted by molar-refractivity contribution is -0.117. The van der Waals surface area contributed by atoms with E-state index in [0.717, 1.165) is 29.6 Å². The second-order valence-corrected chi connectivity index (χ2v) is 5.01. The minimum Gasteiger partial charge on any atom is -0.354 e. The van der Waals surface area contributed by atoms with Gasteiger partial charge in [-0.15, -0.1) is 11.8 Å². The Kier molecular flexibility index (Phi) is 4.25. The fourth-order valence-corrected chi connectivity index (χ4v) is 2.43. The summed E-state index contributed by atoms with van der Waals surface area (Å²) in [5.74, 6) is 0.955. The molecule has 0 bridgehead atoms. The first-order valence-corrected chi connectivity index (χ1v) is 7.13. The maximum Gasteiger partial charge on any atom is 0.199 e. The number of carbonyl (C=O) groups is 1. The van der Waals surface area contributed by atoms with E-state index in [1.54, 1.807) is 18.7 Å². The summed E-state index contributed by atoms with van der Waals surface area (Å²) < 4.78 is 0. The van der Waals surface area contributed by atoms with Gasteiger partial charge in [-0.25, -0.2) is 4.99 Å². The number of rotatable bonds is 4. The van der Waals surface area contributed by atoms with Crippen molar-refractivity contribution in [1.82, 2.24) is 10.2 Å². The second-order valence-electron chi connectivity index (χ2n) is 4.16. The third-order valence-corrected chi connectivity index (χ3v) is 3.47. The first-order valence-electron chi connectivity index (χ1n) is 5.90. The van der Waals surface area contributed by atoms with Crippen LogP contribution < -0.4 is 5.32 Å². The van der Waals surface area contributed by atoms with Gasteiger partial charge in [0, 0.05) is 18.0 Å². The van der Waals surface area contributed by atoms with Gasteiger partial charge >= 0.3 is 0 Å². The standard InChI is InChI=1S/C13H17N3OS/c1-10(17)9-16-8-7-14-13(16)15-11-5-3-4-6-12(11)18-2/h3-6H,7-9H2,1-2H3,(H,14,15). The van der Waals surface area contributed by atoms with Crippen LogP contribution in [0.5, 0.6) is 0 Å². The molecule has 1 aliphatic heterocycles. The van der Waals surface area contributed by atoms with Gasteiger partial charge in [0.1, 0.15) is 5.78 Å². The van der Waals surface area contributed by atoms with E-state index in [-0.39, 0.29) is 5.78 Å². The van der Waals surface area contributed by atoms with Crippen molar-refractivity contribution in [2.45, 2.75) is 11.8 Å². The van der Waals surface area contributed by atoms with Crippen molar-refractivity contribution in [2.24, 2.45) is 4.99 Å². The molecule has 1 N–H and O–H groups in total. The van der Waals surface area contributed by atoms with Crippen LogP contribution in [0.2, 0.25) is 0 Å². The van der Waals surface area contributed by atoms with Gasteiger partial charge in [-0.05, 0) is 25.3 Å². The molecule has 0 spiro atoms. The minimum atomic E-state index is 0.157. The van der Waals surface area contributed by atoms with E-state index < -0.39 is 0 Å². The Hall–Kier alpha value is -1.49. The van der Waals surface area contributed by atoms with Gasteiger partial charge < -0.3 is 10.2 Å². The molecule has 0 amide bonds. The zero-order valence-electron chi connectivity index (χ0n) is 10.6. The molecule has 1 heterocycles. The van der Waals surface area contributed by atoms with Crippen molar-refractivity contribution in [3.8, 4) is 0 Å². The van der Waals surface area contributed by atoms with Gasteiger partial charge in [0.15, 0.2) is 5.96 Å². The molecule has 96 valence electrons. The Morgan fingerprint density at radius 2 is 2.28 bits per heavy atom. The predicted octanol–water partition coefficient (Wildman–Crippen LogP) is 1.89. The number of aliphatic imine (C=N–C) groups is 1. The van der Waals surface area contributed by atoms with Crippen molar-refractivity contribution in [2.75, 3.05) is 25.9 Å². The molecule has 0 saturated carbocycles. The molecule has 18 heavy (non-hydrogen) atoms. The number of para-hydroxylation sites is 1. The molecule has 1 aromatic rings. The van der Waals surface area contributed by atoms with E-state index >= 15 is 0 Å². The summed E-state index contributed by atoms with van der Waals surface area (Å²) in [7, 11) is 0. The number of hydrogen-bond acceptors (Lipinski definition) is 3. The van der Waals surface area contributed by atoms with Gasteiger partial charge in [-0.2, -0.15) is 0 Å². The number of carbonyl (C=O) groups excluding carboxylic acids is 1. The van der Waals surface area contributed by atoms with E-state index in [2.05, 4.69) is 10.3 Å². The zero-order chi connectivity index (χ0) is 13.0. The summed E-state index contributed by atoms with van der Waals surface area (Å²) in [6.45, 7) is 3.70. The highest BCUT2D eigenvalue weighted by atomic mass is 32.2. The van der Waals surface area contributed by atoms with Crippen LogP contribution in [0.1, 0.15) is 6.92 Å². The summed E-state index contributed by atoms with van der Waals surface area (Å²) in [5.41, 5.74) is 0.947. The van der Waals surface area contributed by atoms with Gasteiger partial charge in [-0.3, -0.25) is 4.79 Å². The number of Topliss-reactive ketones (excluding diaryl/α,β-unsaturated/α-hetero) is 1. The lowest BCUT2D eigenvalue weighted by Crippen LogP contribution is -2.33. The number of hydrogen-bond donors (Lipinski definition) is 1. The van der Waals surface area contributed by atoms with Crippen LogP contribution in [0, 0.1) is 0 Å². The third kappa shape index (κ3) is 3.04. The number of guanidine groups is 1. The van der Waals surface area contributed by atoms with Crippen LogP contribution >= 0.6 is 11.8 Å². The quantitative estimate of drug-likeness (QED) is 0.843. The van der Waals surface area contributed by atoms with E-state index in [1.165, 1.54) is 0 Å². The maximum atomic E-state index is 11.2. The van der Waals surface area contributed by atoms with Gasteiger partial charge in [0.05, 0.1) is 12.2 Å². The highest BCUT2D eigenvalue weighted by molar-refractivity contribution is 7.98. The highest BCUT2D eigenvalue weighted by Gasteiger charge is 2.19. The van der Waals surface area contributed by atoms with E-state index in [9.17, 15) is 4.79 Å². The number of benzene rings is 1. The fourth-order valence-electron chi connectivity index (χ4n) is 1.89. The maximum absolute atomic E-state index is 11.2. The molecule has 1 fully saturated rings. The summed E-state index contributed by atoms with van der Waals surface area (Å²) in [6, 6.07) is 8.02. The molecule has 5 heteroatoms. The summed E-state index contributed by atoms with van der Waals surface area (Å²) in [6.07, 6.45) is 2.04. The van der Waals surface area contributed by atoms with Crippen LogP contribution in [0.4, 0.5) is 5.69 Å². The normalized spacial score (nSPS) is 17.0. The first-order chi connectivity index (χ1) is 8.70. The van der Waals surface area contributed by atoms with E-state index in [0.29, 0.717) is 6.54 Å². The van der Waals surface area contributed by atoms with E-state index in [4.69, 9.17) is 0 Å². The molecule has 0 atom stereocenters. The molecule has 4 nitrogen and oxygen atoms in total. The molecular formula is C13H17N3OS. The zero-order valence-corrected chi connectivity index (χ0v) is 11.5. The Balaban J connectivity index is 2.23. The van der Waals surface area contributed by atoms with Crippen molar-refractivity contribution in [3.05, 3.63) is 24.3 Å². The summed E-state index contributed by atoms with van der Waals surface area (Å²) >= 11 is 1.67. The highest BCUT2D eigenvalue weighted by Crippen LogP contribution is 2.27. The fraction of sp³-hybridized carbons (Fsp3) is 0.385. The Morgan fingerprint density at radius 1 is 1.50 bits per heavy atom. The van der Waals surface area contributed by atoms with E-state index in [1.807, 2.05) is 35.4 Å². The molecule has 1 aliphatic rings. The van der Waals surface area contributed by atoms with Crippen molar-refractivity contribution in [1.29, 1.82) is 0 Å². The van der Waals surface area contributed by atoms with Crippen LogP contribution in [0.3, 0.4) is 0 Å². The number of nitrogens with zero attached hydrogens (tertiary/aromatic N) is 2. The lowest BCUT2D eigenvalue weighted by Gasteiger charge is -2.15. The van der Waals surface area contributed by atoms with Gasteiger partial charge in [0.2, 0.25) is 0 Å². The second kappa shape index (κ2) is 5.91. The molecule has 1 aromatic carbocycles. The molecule has 2 rings (SSSR count). The Bertz CT molecular complexity index is 473. The molecule has 0 aliphatic carbocycles. The molecule has 0 unspecified atom stereocenters. The number of thioether (sulfide) groups is 1. The number of nitrogens with one attached hydrogen (secondary N) is 1. The topological polar surface area (TPSA) is 44.7 Å². The van der Waals surface area contributed by atoms with Crippen molar-refractivity contribution >= 4 is 29.2 Å². The Morgan fingerprint density at radius 3 is 3.00 bits per heavy atom. The molecule has 0 aromatic heterocycles. The predicted molar refractivity (Wildman–Crippen MR) is 75.6 cm³/mol. The van der Waals surface area contributed by atoms with Gasteiger partial charge in [0.25, 0.3) is 0 Å². The molecule has 0 radical (unpaired) electrons. The van der Waals surface area contributed by atoms with Crippen LogP contribution in [0.15, 0.2) is 34.2 Å². The summed E-state index contributed by atoms with van der Waals surface area (Å²) in [5, 5.41) is 3.23. The average molecular weight is 263 g/mol. The molecular weight excluding hydrogens is 246 g/mol. The molecule has 1 saturated heterocycles. The lowest BCUT2D eigenvalue weighted by atomic mass is 10.3. The Labute approximate surface area is 111 Å². The SMILES string of the molecule is CSc1ccccc1/N=C1\NCCN1CC(C)=O. The van der Waals surface area contributed by atoms with Gasteiger partial charge in [-0.1, -0.05) is 12.1 Å². The summed E-state index contributed by atoms with van der Waals surface area (Å²) in [4.78, 5) is 18.9. The smallest absolute Gasteiger partial charge is 0.199 e. The van der Waals surface area contributed by atoms with Crippen molar-refractivity contribution < 1.29 is 4.79 Å². The van der Waals surface area contributed by atoms with Crippen molar-refractivity contribution in [3.63, 3.8) is 0 Å². The monoisotopic (exact) mass is 263 g/mol. The minimum absolute atomic E-state index is 0.157. The van der Waals surface area contributed by atoms with Crippen LogP contribution in [-0.2, 0) is 4.79 Å². The third-order valence-electron chi connectivity index (χ3n) is 2.69.